The molecule has 10 heavy (non-hydrogen) atoms. The molecule has 1 rings (SSSR count). The summed E-state index contributed by atoms with van der Waals surface area (Å²) in [6.45, 7) is 2.98. The molecule has 0 aliphatic carbocycles. The van der Waals surface area contributed by atoms with E-state index < -0.39 is 0 Å². The first-order valence-electron chi connectivity index (χ1n) is 3.04. The van der Waals surface area contributed by atoms with Gasteiger partial charge in [-0.25, -0.2) is 0 Å². The van der Waals surface area contributed by atoms with Crippen molar-refractivity contribution in [3.05, 3.63) is 0 Å². The van der Waals surface area contributed by atoms with Crippen LogP contribution in [-0.2, 0) is 0 Å². The lowest BCUT2D eigenvalue weighted by molar-refractivity contribution is 0.958. The fourth-order valence-electron chi connectivity index (χ4n) is 0.517. The minimum absolute atomic E-state index is 0.361. The summed E-state index contributed by atoms with van der Waals surface area (Å²) in [7, 11) is 1.96. The summed E-state index contributed by atoms with van der Waals surface area (Å²) in [5, 5.41) is 0.875. The van der Waals surface area contributed by atoms with E-state index in [0.717, 1.165) is 11.7 Å². The second-order valence-electron chi connectivity index (χ2n) is 1.95. The summed E-state index contributed by atoms with van der Waals surface area (Å²) in [4.78, 5) is 5.99. The molecule has 0 amide bonds. The Labute approximate surface area is 63.8 Å². The van der Waals surface area contributed by atoms with Crippen molar-refractivity contribution in [2.75, 3.05) is 24.2 Å². The van der Waals surface area contributed by atoms with Gasteiger partial charge >= 0.3 is 0 Å². The Kier molecular flexibility index (Phi) is 2.06. The molecule has 56 valence electrons. The molecule has 0 fully saturated rings. The van der Waals surface area contributed by atoms with Gasteiger partial charge in [-0.05, 0) is 6.92 Å². The lowest BCUT2D eigenvalue weighted by atomic mass is 10.7. The molecule has 1 aromatic heterocycles. The maximum Gasteiger partial charge on any atom is 0.233 e. The summed E-state index contributed by atoms with van der Waals surface area (Å²) in [6.07, 6.45) is 0. The average molecular weight is 158 g/mol. The number of nitrogen functional groups attached to an aromatic ring is 1. The molecule has 0 spiro atoms. The van der Waals surface area contributed by atoms with Gasteiger partial charge in [0, 0.05) is 25.1 Å². The standard InChI is InChI=1S/C5H10N4S/c1-3-9(2)5-7-4(6)8-10-5/h3H2,1-2H3,(H2,6,8). The van der Waals surface area contributed by atoms with E-state index in [1.54, 1.807) is 0 Å². The Morgan fingerprint density at radius 2 is 2.40 bits per heavy atom. The Hall–Kier alpha value is -0.840. The predicted octanol–water partition coefficient (Wildman–Crippen LogP) is 0.576. The molecule has 0 atom stereocenters. The van der Waals surface area contributed by atoms with Crippen LogP contribution in [-0.4, -0.2) is 22.9 Å². The summed E-state index contributed by atoms with van der Waals surface area (Å²) in [5.74, 6) is 0.361. The molecule has 0 saturated carbocycles. The van der Waals surface area contributed by atoms with Gasteiger partial charge in [0.15, 0.2) is 0 Å². The van der Waals surface area contributed by atoms with Gasteiger partial charge in [0.1, 0.15) is 0 Å². The Morgan fingerprint density at radius 1 is 1.70 bits per heavy atom. The summed E-state index contributed by atoms with van der Waals surface area (Å²) in [6, 6.07) is 0. The van der Waals surface area contributed by atoms with Crippen molar-refractivity contribution in [1.82, 2.24) is 9.36 Å². The largest absolute Gasteiger partial charge is 0.367 e. The fourth-order valence-corrected chi connectivity index (χ4v) is 1.14. The van der Waals surface area contributed by atoms with Gasteiger partial charge in [0.05, 0.1) is 0 Å². The van der Waals surface area contributed by atoms with Crippen LogP contribution >= 0.6 is 11.5 Å². The Morgan fingerprint density at radius 3 is 2.80 bits per heavy atom. The van der Waals surface area contributed by atoms with Crippen LogP contribution in [0.15, 0.2) is 0 Å². The van der Waals surface area contributed by atoms with Crippen LogP contribution in [0.3, 0.4) is 0 Å². The highest BCUT2D eigenvalue weighted by molar-refractivity contribution is 7.09. The molecule has 1 aromatic rings. The van der Waals surface area contributed by atoms with Gasteiger partial charge in [0.2, 0.25) is 11.1 Å². The van der Waals surface area contributed by atoms with Crippen LogP contribution in [0.25, 0.3) is 0 Å². The van der Waals surface area contributed by atoms with Crippen molar-refractivity contribution in [3.8, 4) is 0 Å². The van der Waals surface area contributed by atoms with E-state index >= 15 is 0 Å². The number of hydrogen-bond donors (Lipinski definition) is 1. The first kappa shape index (κ1) is 7.27. The molecule has 5 heteroatoms. The van der Waals surface area contributed by atoms with Crippen LogP contribution < -0.4 is 10.6 Å². The van der Waals surface area contributed by atoms with Gasteiger partial charge in [0.25, 0.3) is 0 Å². The number of nitrogens with zero attached hydrogens (tertiary/aromatic N) is 3. The van der Waals surface area contributed by atoms with Crippen molar-refractivity contribution in [1.29, 1.82) is 0 Å². The van der Waals surface area contributed by atoms with Gasteiger partial charge < -0.3 is 10.6 Å². The molecule has 1 heterocycles. The molecule has 0 aromatic carbocycles. The normalized spacial score (nSPS) is 9.80. The quantitative estimate of drug-likeness (QED) is 0.684. The van der Waals surface area contributed by atoms with E-state index in [0.29, 0.717) is 5.95 Å². The summed E-state index contributed by atoms with van der Waals surface area (Å²) < 4.78 is 3.85. The van der Waals surface area contributed by atoms with Crippen LogP contribution in [0.2, 0.25) is 0 Å². The maximum absolute atomic E-state index is 5.33. The lowest BCUT2D eigenvalue weighted by Crippen LogP contribution is -2.15. The predicted molar refractivity (Wildman–Crippen MR) is 43.3 cm³/mol. The van der Waals surface area contributed by atoms with Crippen molar-refractivity contribution >= 4 is 22.6 Å². The molecule has 2 N–H and O–H groups in total. The highest BCUT2D eigenvalue weighted by Gasteiger charge is 2.02. The summed E-state index contributed by atoms with van der Waals surface area (Å²) >= 11 is 1.32. The molecule has 0 aliphatic heterocycles. The second kappa shape index (κ2) is 2.83. The Bertz CT molecular complexity index is 209. The molecule has 0 bridgehead atoms. The van der Waals surface area contributed by atoms with Gasteiger partial charge in [-0.15, -0.1) is 0 Å². The monoisotopic (exact) mass is 158 g/mol. The molecule has 4 nitrogen and oxygen atoms in total. The van der Waals surface area contributed by atoms with Crippen LogP contribution in [0.4, 0.5) is 11.1 Å². The smallest absolute Gasteiger partial charge is 0.233 e. The first-order chi connectivity index (χ1) is 4.74. The van der Waals surface area contributed by atoms with Crippen LogP contribution in [0, 0.1) is 0 Å². The third-order valence-electron chi connectivity index (χ3n) is 1.23. The van der Waals surface area contributed by atoms with Gasteiger partial charge in [-0.1, -0.05) is 0 Å². The zero-order valence-corrected chi connectivity index (χ0v) is 6.85. The fraction of sp³-hybridized carbons (Fsp3) is 0.600. The lowest BCUT2D eigenvalue weighted by Gasteiger charge is -2.09. The van der Waals surface area contributed by atoms with E-state index in [1.807, 2.05) is 11.9 Å². The molecular formula is C5H10N4S. The van der Waals surface area contributed by atoms with E-state index in [2.05, 4.69) is 16.3 Å². The number of aromatic nitrogens is 2. The third-order valence-corrected chi connectivity index (χ3v) is 2.08. The first-order valence-corrected chi connectivity index (χ1v) is 3.81. The average Bonchev–Trinajstić information content (AvgIpc) is 2.34. The molecule has 0 aliphatic rings. The van der Waals surface area contributed by atoms with Crippen molar-refractivity contribution in [2.45, 2.75) is 6.92 Å². The van der Waals surface area contributed by atoms with E-state index in [-0.39, 0.29) is 0 Å². The molecule has 0 radical (unpaired) electrons. The topological polar surface area (TPSA) is 55.0 Å². The van der Waals surface area contributed by atoms with E-state index in [9.17, 15) is 0 Å². The van der Waals surface area contributed by atoms with Crippen molar-refractivity contribution in [3.63, 3.8) is 0 Å². The van der Waals surface area contributed by atoms with Gasteiger partial charge in [-0.3, -0.25) is 0 Å². The molecular weight excluding hydrogens is 148 g/mol. The zero-order valence-electron chi connectivity index (χ0n) is 6.03. The minimum Gasteiger partial charge on any atom is -0.367 e. The minimum atomic E-state index is 0.361. The maximum atomic E-state index is 5.33. The number of rotatable bonds is 2. The van der Waals surface area contributed by atoms with E-state index in [1.165, 1.54) is 11.5 Å². The summed E-state index contributed by atoms with van der Waals surface area (Å²) in [5.41, 5.74) is 5.33. The number of hydrogen-bond acceptors (Lipinski definition) is 5. The highest BCUT2D eigenvalue weighted by atomic mass is 32.1. The highest BCUT2D eigenvalue weighted by Crippen LogP contribution is 2.15. The van der Waals surface area contributed by atoms with Crippen LogP contribution in [0.1, 0.15) is 6.92 Å². The Balaban J connectivity index is 2.74. The van der Waals surface area contributed by atoms with Gasteiger partial charge in [-0.2, -0.15) is 9.36 Å². The van der Waals surface area contributed by atoms with Crippen LogP contribution in [0.5, 0.6) is 0 Å². The third kappa shape index (κ3) is 1.36. The second-order valence-corrected chi connectivity index (χ2v) is 2.68. The number of anilines is 2. The number of nitrogens with two attached hydrogens (primary N) is 1. The van der Waals surface area contributed by atoms with Crippen molar-refractivity contribution in [2.24, 2.45) is 0 Å². The zero-order chi connectivity index (χ0) is 7.56. The SMILES string of the molecule is CCN(C)c1nc(N)ns1. The molecule has 0 saturated heterocycles. The van der Waals surface area contributed by atoms with E-state index in [4.69, 9.17) is 5.73 Å². The molecule has 0 unspecified atom stereocenters. The van der Waals surface area contributed by atoms with Crippen molar-refractivity contribution < 1.29 is 0 Å².